The van der Waals surface area contributed by atoms with Gasteiger partial charge in [-0.2, -0.15) is 0 Å². The molecule has 0 heterocycles. The fourth-order valence-electron chi connectivity index (χ4n) is 2.47. The van der Waals surface area contributed by atoms with Gasteiger partial charge in [0.05, 0.1) is 13.2 Å². The summed E-state index contributed by atoms with van der Waals surface area (Å²) in [6.07, 6.45) is -0.895. The van der Waals surface area contributed by atoms with Crippen molar-refractivity contribution in [2.75, 3.05) is 14.2 Å². The zero-order chi connectivity index (χ0) is 14.8. The van der Waals surface area contributed by atoms with E-state index in [2.05, 4.69) is 20.8 Å². The highest BCUT2D eigenvalue weighted by Gasteiger charge is 2.33. The van der Waals surface area contributed by atoms with E-state index in [1.54, 1.807) is 14.2 Å². The number of aliphatic hydroxyl groups is 1. The molecule has 0 aliphatic heterocycles. The second-order valence-corrected chi connectivity index (χ2v) is 6.15. The molecule has 0 spiro atoms. The van der Waals surface area contributed by atoms with Crippen LogP contribution in [0, 0.1) is 19.3 Å². The Labute approximate surface area is 116 Å². The highest BCUT2D eigenvalue weighted by molar-refractivity contribution is 5.42. The molecule has 19 heavy (non-hydrogen) atoms. The molecule has 0 aliphatic carbocycles. The van der Waals surface area contributed by atoms with Crippen LogP contribution in [0.2, 0.25) is 0 Å². The molecule has 0 radical (unpaired) electrons. The van der Waals surface area contributed by atoms with Gasteiger partial charge in [0.25, 0.3) is 0 Å². The zero-order valence-corrected chi connectivity index (χ0v) is 13.1. The first-order valence-corrected chi connectivity index (χ1v) is 6.58. The Kier molecular flexibility index (Phi) is 4.99. The lowest BCUT2D eigenvalue weighted by Gasteiger charge is -2.34. The van der Waals surface area contributed by atoms with Gasteiger partial charge in [0.1, 0.15) is 11.9 Å². The summed E-state index contributed by atoms with van der Waals surface area (Å²) in [4.78, 5) is 0. The molecule has 2 atom stereocenters. The lowest BCUT2D eigenvalue weighted by Crippen LogP contribution is -2.34. The molecule has 1 N–H and O–H groups in total. The molecule has 1 rings (SSSR count). The molecule has 0 aliphatic rings. The van der Waals surface area contributed by atoms with Crippen LogP contribution >= 0.6 is 0 Å². The Hall–Kier alpha value is -1.06. The number of hydrogen-bond donors (Lipinski definition) is 1. The summed E-state index contributed by atoms with van der Waals surface area (Å²) in [6, 6.07) is 3.94. The van der Waals surface area contributed by atoms with Crippen molar-refractivity contribution < 1.29 is 14.6 Å². The largest absolute Gasteiger partial charge is 0.496 e. The monoisotopic (exact) mass is 266 g/mol. The van der Waals surface area contributed by atoms with Gasteiger partial charge >= 0.3 is 0 Å². The number of benzene rings is 1. The first-order valence-electron chi connectivity index (χ1n) is 6.58. The van der Waals surface area contributed by atoms with E-state index >= 15 is 0 Å². The first-order chi connectivity index (χ1) is 8.72. The van der Waals surface area contributed by atoms with Crippen LogP contribution in [0.15, 0.2) is 12.1 Å². The Bertz CT molecular complexity index is 432. The van der Waals surface area contributed by atoms with Crippen LogP contribution < -0.4 is 4.74 Å². The Morgan fingerprint density at radius 3 is 2.05 bits per heavy atom. The van der Waals surface area contributed by atoms with Gasteiger partial charge in [0.2, 0.25) is 0 Å². The van der Waals surface area contributed by atoms with Crippen molar-refractivity contribution in [1.82, 2.24) is 0 Å². The van der Waals surface area contributed by atoms with Gasteiger partial charge in [-0.05, 0) is 48.1 Å². The van der Waals surface area contributed by atoms with Crippen LogP contribution in [0.1, 0.15) is 43.6 Å². The average molecular weight is 266 g/mol. The topological polar surface area (TPSA) is 38.7 Å². The molecule has 0 saturated heterocycles. The number of rotatable bonds is 4. The first kappa shape index (κ1) is 16.0. The summed E-state index contributed by atoms with van der Waals surface area (Å²) in [7, 11) is 3.30. The maximum atomic E-state index is 10.6. The fraction of sp³-hybridized carbons (Fsp3) is 0.625. The van der Waals surface area contributed by atoms with Crippen molar-refractivity contribution in [3.63, 3.8) is 0 Å². The van der Waals surface area contributed by atoms with E-state index in [0.29, 0.717) is 0 Å². The van der Waals surface area contributed by atoms with Gasteiger partial charge in [0, 0.05) is 7.11 Å². The molecule has 0 bridgehead atoms. The molecular formula is C16H26O3. The molecule has 0 saturated carbocycles. The van der Waals surface area contributed by atoms with Crippen LogP contribution in [0.3, 0.4) is 0 Å². The van der Waals surface area contributed by atoms with Gasteiger partial charge < -0.3 is 14.6 Å². The molecule has 1 aromatic rings. The van der Waals surface area contributed by atoms with Gasteiger partial charge in [-0.25, -0.2) is 0 Å². The molecule has 3 heteroatoms. The maximum Gasteiger partial charge on any atom is 0.122 e. The van der Waals surface area contributed by atoms with Crippen LogP contribution in [-0.4, -0.2) is 25.4 Å². The number of aryl methyl sites for hydroxylation is 2. The SMILES string of the molecule is COc1cc(C)c(C(O)C(OC)C(C)(C)C)cc1C. The molecule has 2 unspecified atom stereocenters. The smallest absolute Gasteiger partial charge is 0.122 e. The summed E-state index contributed by atoms with van der Waals surface area (Å²) in [5, 5.41) is 10.6. The van der Waals surface area contributed by atoms with Gasteiger partial charge in [0.15, 0.2) is 0 Å². The minimum Gasteiger partial charge on any atom is -0.496 e. The Morgan fingerprint density at radius 2 is 1.63 bits per heavy atom. The number of methoxy groups -OCH3 is 2. The number of ether oxygens (including phenoxy) is 2. The van der Waals surface area contributed by atoms with E-state index in [-0.39, 0.29) is 11.5 Å². The predicted molar refractivity (Wildman–Crippen MR) is 77.7 cm³/mol. The molecule has 3 nitrogen and oxygen atoms in total. The fourth-order valence-corrected chi connectivity index (χ4v) is 2.47. The average Bonchev–Trinajstić information content (AvgIpc) is 2.30. The molecule has 108 valence electrons. The van der Waals surface area contributed by atoms with Crippen molar-refractivity contribution in [3.8, 4) is 5.75 Å². The van der Waals surface area contributed by atoms with E-state index < -0.39 is 6.10 Å². The second kappa shape index (κ2) is 5.93. The molecule has 0 fully saturated rings. The summed E-state index contributed by atoms with van der Waals surface area (Å²) < 4.78 is 10.8. The van der Waals surface area contributed by atoms with Crippen molar-refractivity contribution >= 4 is 0 Å². The lowest BCUT2D eigenvalue weighted by atomic mass is 9.82. The van der Waals surface area contributed by atoms with Crippen LogP contribution in [0.4, 0.5) is 0 Å². The summed E-state index contributed by atoms with van der Waals surface area (Å²) >= 11 is 0. The standard InChI is InChI=1S/C16H26O3/c1-10-9-13(18-6)11(2)8-12(10)14(17)15(19-7)16(3,4)5/h8-9,14-15,17H,1-7H3. The minimum absolute atomic E-state index is 0.131. The predicted octanol–water partition coefficient (Wildman–Crippen LogP) is 3.41. The van der Waals surface area contributed by atoms with Crippen molar-refractivity contribution in [1.29, 1.82) is 0 Å². The van der Waals surface area contributed by atoms with E-state index in [0.717, 1.165) is 22.4 Å². The van der Waals surface area contributed by atoms with Crippen molar-refractivity contribution in [2.24, 2.45) is 5.41 Å². The minimum atomic E-state index is -0.644. The van der Waals surface area contributed by atoms with Crippen LogP contribution in [0.5, 0.6) is 5.75 Å². The maximum absolute atomic E-state index is 10.6. The highest BCUT2D eigenvalue weighted by atomic mass is 16.5. The second-order valence-electron chi connectivity index (χ2n) is 6.15. The third-order valence-corrected chi connectivity index (χ3v) is 3.50. The quantitative estimate of drug-likeness (QED) is 0.907. The number of aliphatic hydroxyl groups excluding tert-OH is 1. The van der Waals surface area contributed by atoms with Gasteiger partial charge in [-0.3, -0.25) is 0 Å². The number of hydrogen-bond acceptors (Lipinski definition) is 3. The molecule has 1 aromatic carbocycles. The summed E-state index contributed by atoms with van der Waals surface area (Å²) in [5.74, 6) is 0.846. The molecular weight excluding hydrogens is 240 g/mol. The van der Waals surface area contributed by atoms with E-state index in [1.807, 2.05) is 26.0 Å². The van der Waals surface area contributed by atoms with E-state index in [4.69, 9.17) is 9.47 Å². The third-order valence-electron chi connectivity index (χ3n) is 3.50. The van der Waals surface area contributed by atoms with Crippen LogP contribution in [-0.2, 0) is 4.74 Å². The normalized spacial score (nSPS) is 15.2. The molecule has 0 aromatic heterocycles. The van der Waals surface area contributed by atoms with Crippen molar-refractivity contribution in [3.05, 3.63) is 28.8 Å². The van der Waals surface area contributed by atoms with Gasteiger partial charge in [-0.1, -0.05) is 20.8 Å². The van der Waals surface area contributed by atoms with Gasteiger partial charge in [-0.15, -0.1) is 0 Å². The van der Waals surface area contributed by atoms with E-state index in [1.165, 1.54) is 0 Å². The highest BCUT2D eigenvalue weighted by Crippen LogP contribution is 2.35. The lowest BCUT2D eigenvalue weighted by molar-refractivity contribution is -0.0726. The van der Waals surface area contributed by atoms with Crippen molar-refractivity contribution in [2.45, 2.75) is 46.8 Å². The summed E-state index contributed by atoms with van der Waals surface area (Å²) in [6.45, 7) is 10.2. The summed E-state index contributed by atoms with van der Waals surface area (Å²) in [5.41, 5.74) is 2.81. The molecule has 0 amide bonds. The van der Waals surface area contributed by atoms with Crippen LogP contribution in [0.25, 0.3) is 0 Å². The van der Waals surface area contributed by atoms with E-state index in [9.17, 15) is 5.11 Å². The zero-order valence-electron chi connectivity index (χ0n) is 13.1. The Morgan fingerprint density at radius 1 is 1.05 bits per heavy atom. The third kappa shape index (κ3) is 3.48. The Balaban J connectivity index is 3.19.